The second-order valence-corrected chi connectivity index (χ2v) is 5.68. The molecule has 0 radical (unpaired) electrons. The Labute approximate surface area is 122 Å². The average Bonchev–Trinajstić information content (AvgIpc) is 2.45. The highest BCUT2D eigenvalue weighted by molar-refractivity contribution is 5.97. The van der Waals surface area contributed by atoms with E-state index in [9.17, 15) is 18.0 Å². The lowest BCUT2D eigenvalue weighted by Crippen LogP contribution is -2.28. The summed E-state index contributed by atoms with van der Waals surface area (Å²) in [5.41, 5.74) is 0.118. The Morgan fingerprint density at radius 3 is 2.52 bits per heavy atom. The molecule has 1 aliphatic heterocycles. The van der Waals surface area contributed by atoms with E-state index in [4.69, 9.17) is 0 Å². The molecule has 1 aliphatic rings. The van der Waals surface area contributed by atoms with E-state index < -0.39 is 11.7 Å². The molecule has 1 aromatic carbocycles. The van der Waals surface area contributed by atoms with Crippen LogP contribution in [0.5, 0.6) is 0 Å². The molecule has 21 heavy (non-hydrogen) atoms. The molecule has 0 aromatic heterocycles. The fourth-order valence-corrected chi connectivity index (χ4v) is 2.79. The van der Waals surface area contributed by atoms with E-state index >= 15 is 0 Å². The number of rotatable bonds is 4. The van der Waals surface area contributed by atoms with Crippen LogP contribution in [0.3, 0.4) is 0 Å². The molecule has 5 heteroatoms. The number of carbonyl (C=O) groups excluding carboxylic acids is 1. The lowest BCUT2D eigenvalue weighted by molar-refractivity contribution is -0.137. The molecule has 2 nitrogen and oxygen atoms in total. The van der Waals surface area contributed by atoms with E-state index in [1.165, 1.54) is 6.07 Å². The number of aryl methyl sites for hydroxylation is 1. The van der Waals surface area contributed by atoms with E-state index in [1.807, 2.05) is 0 Å². The molecule has 0 spiro atoms. The Balaban J connectivity index is 1.99. The van der Waals surface area contributed by atoms with Gasteiger partial charge in [-0.3, -0.25) is 4.79 Å². The van der Waals surface area contributed by atoms with Gasteiger partial charge in [-0.2, -0.15) is 13.2 Å². The summed E-state index contributed by atoms with van der Waals surface area (Å²) < 4.78 is 37.8. The molecule has 1 fully saturated rings. The summed E-state index contributed by atoms with van der Waals surface area (Å²) in [7, 11) is 0. The maximum atomic E-state index is 12.6. The second-order valence-electron chi connectivity index (χ2n) is 5.68. The minimum atomic E-state index is -4.36. The number of hydrogen-bond acceptors (Lipinski definition) is 2. The summed E-state index contributed by atoms with van der Waals surface area (Å²) in [4.78, 5) is 12.2. The molecule has 1 saturated heterocycles. The van der Waals surface area contributed by atoms with Crippen molar-refractivity contribution < 1.29 is 18.0 Å². The van der Waals surface area contributed by atoms with Crippen molar-refractivity contribution >= 4 is 5.78 Å². The maximum Gasteiger partial charge on any atom is 0.416 e. The van der Waals surface area contributed by atoms with Crippen LogP contribution in [-0.2, 0) is 6.18 Å². The number of piperidine rings is 1. The molecule has 0 bridgehead atoms. The smallest absolute Gasteiger partial charge is 0.317 e. The molecule has 0 saturated carbocycles. The van der Waals surface area contributed by atoms with Crippen LogP contribution in [0.1, 0.15) is 47.2 Å². The molecular formula is C16H20F3NO. The van der Waals surface area contributed by atoms with Gasteiger partial charge in [-0.15, -0.1) is 0 Å². The van der Waals surface area contributed by atoms with E-state index in [2.05, 4.69) is 5.32 Å². The first kappa shape index (κ1) is 16.0. The number of ketones is 1. The standard InChI is InChI=1S/C16H20F3NO/c1-11-10-13(16(17,18)19)3-4-14(11)15(21)5-2-12-6-8-20-9-7-12/h3-4,10,12,20H,2,5-9H2,1H3. The number of alkyl halides is 3. The van der Waals surface area contributed by atoms with Gasteiger partial charge in [0.25, 0.3) is 0 Å². The molecule has 0 amide bonds. The molecule has 1 aromatic rings. The summed E-state index contributed by atoms with van der Waals surface area (Å²) in [5.74, 6) is 0.490. The van der Waals surface area contributed by atoms with Gasteiger partial charge in [-0.25, -0.2) is 0 Å². The Kier molecular flexibility index (Phi) is 5.04. The van der Waals surface area contributed by atoms with Crippen LogP contribution in [0.15, 0.2) is 18.2 Å². The zero-order valence-corrected chi connectivity index (χ0v) is 12.1. The van der Waals surface area contributed by atoms with Gasteiger partial charge in [-0.05, 0) is 62.9 Å². The zero-order chi connectivity index (χ0) is 15.5. The molecule has 116 valence electrons. The summed E-state index contributed by atoms with van der Waals surface area (Å²) >= 11 is 0. The highest BCUT2D eigenvalue weighted by Gasteiger charge is 2.31. The number of benzene rings is 1. The number of hydrogen-bond donors (Lipinski definition) is 1. The molecule has 0 atom stereocenters. The van der Waals surface area contributed by atoms with E-state index in [0.717, 1.165) is 44.5 Å². The number of halogens is 3. The molecule has 0 aliphatic carbocycles. The van der Waals surface area contributed by atoms with Crippen LogP contribution < -0.4 is 5.32 Å². The zero-order valence-electron chi connectivity index (χ0n) is 12.1. The van der Waals surface area contributed by atoms with Gasteiger partial charge in [0.2, 0.25) is 0 Å². The van der Waals surface area contributed by atoms with Gasteiger partial charge < -0.3 is 5.32 Å². The van der Waals surface area contributed by atoms with Crippen LogP contribution in [-0.4, -0.2) is 18.9 Å². The Morgan fingerprint density at radius 1 is 1.29 bits per heavy atom. The molecule has 1 N–H and O–H groups in total. The van der Waals surface area contributed by atoms with Gasteiger partial charge in [0, 0.05) is 12.0 Å². The summed E-state index contributed by atoms with van der Waals surface area (Å²) in [6.07, 6.45) is -0.988. The Bertz CT molecular complexity index is 505. The fraction of sp³-hybridized carbons (Fsp3) is 0.562. The first-order chi connectivity index (χ1) is 9.88. The van der Waals surface area contributed by atoms with Crippen LogP contribution in [0.2, 0.25) is 0 Å². The summed E-state index contributed by atoms with van der Waals surface area (Å²) in [5, 5.41) is 3.27. The first-order valence-corrected chi connectivity index (χ1v) is 7.29. The van der Waals surface area contributed by atoms with Crippen molar-refractivity contribution in [2.24, 2.45) is 5.92 Å². The number of nitrogens with one attached hydrogen (secondary N) is 1. The van der Waals surface area contributed by atoms with Crippen LogP contribution in [0.25, 0.3) is 0 Å². The maximum absolute atomic E-state index is 12.6. The third-order valence-corrected chi connectivity index (χ3v) is 4.09. The lowest BCUT2D eigenvalue weighted by Gasteiger charge is -2.22. The third-order valence-electron chi connectivity index (χ3n) is 4.09. The Morgan fingerprint density at radius 2 is 1.95 bits per heavy atom. The molecule has 0 unspecified atom stereocenters. The van der Waals surface area contributed by atoms with Gasteiger partial charge in [0.15, 0.2) is 5.78 Å². The van der Waals surface area contributed by atoms with Gasteiger partial charge in [-0.1, -0.05) is 6.07 Å². The normalized spacial score (nSPS) is 17.0. The van der Waals surface area contributed by atoms with Crippen molar-refractivity contribution in [1.29, 1.82) is 0 Å². The van der Waals surface area contributed by atoms with Crippen molar-refractivity contribution in [3.05, 3.63) is 34.9 Å². The predicted octanol–water partition coefficient (Wildman–Crippen LogP) is 3.98. The van der Waals surface area contributed by atoms with Crippen LogP contribution in [0.4, 0.5) is 13.2 Å². The van der Waals surface area contributed by atoms with Gasteiger partial charge in [0.05, 0.1) is 5.56 Å². The van der Waals surface area contributed by atoms with Crippen molar-refractivity contribution in [3.8, 4) is 0 Å². The topological polar surface area (TPSA) is 29.1 Å². The second kappa shape index (κ2) is 6.60. The minimum absolute atomic E-state index is 0.0558. The lowest BCUT2D eigenvalue weighted by atomic mass is 9.90. The SMILES string of the molecule is Cc1cc(C(F)(F)F)ccc1C(=O)CCC1CCNCC1. The van der Waals surface area contributed by atoms with E-state index in [1.54, 1.807) is 6.92 Å². The quantitative estimate of drug-likeness (QED) is 0.852. The Hall–Kier alpha value is -1.36. The molecular weight excluding hydrogens is 279 g/mol. The van der Waals surface area contributed by atoms with Crippen molar-refractivity contribution in [2.45, 2.75) is 38.8 Å². The first-order valence-electron chi connectivity index (χ1n) is 7.29. The highest BCUT2D eigenvalue weighted by atomic mass is 19.4. The summed E-state index contributed by atoms with van der Waals surface area (Å²) in [6, 6.07) is 3.35. The number of carbonyl (C=O) groups is 1. The van der Waals surface area contributed by atoms with Gasteiger partial charge >= 0.3 is 6.18 Å². The van der Waals surface area contributed by atoms with Crippen molar-refractivity contribution in [2.75, 3.05) is 13.1 Å². The third kappa shape index (κ3) is 4.30. The van der Waals surface area contributed by atoms with E-state index in [0.29, 0.717) is 23.5 Å². The van der Waals surface area contributed by atoms with Gasteiger partial charge in [0.1, 0.15) is 0 Å². The molecule has 1 heterocycles. The summed E-state index contributed by atoms with van der Waals surface area (Å²) in [6.45, 7) is 3.53. The average molecular weight is 299 g/mol. The monoisotopic (exact) mass is 299 g/mol. The number of Topliss-reactive ketones (excluding diaryl/α,β-unsaturated/α-hetero) is 1. The predicted molar refractivity (Wildman–Crippen MR) is 75.3 cm³/mol. The van der Waals surface area contributed by atoms with Crippen LogP contribution >= 0.6 is 0 Å². The fourth-order valence-electron chi connectivity index (χ4n) is 2.79. The molecule has 2 rings (SSSR count). The van der Waals surface area contributed by atoms with E-state index in [-0.39, 0.29) is 5.78 Å². The minimum Gasteiger partial charge on any atom is -0.317 e. The van der Waals surface area contributed by atoms with Crippen molar-refractivity contribution in [3.63, 3.8) is 0 Å². The highest BCUT2D eigenvalue weighted by Crippen LogP contribution is 2.31. The van der Waals surface area contributed by atoms with Crippen LogP contribution in [0, 0.1) is 12.8 Å². The van der Waals surface area contributed by atoms with Crippen molar-refractivity contribution in [1.82, 2.24) is 5.32 Å². The largest absolute Gasteiger partial charge is 0.416 e.